The summed E-state index contributed by atoms with van der Waals surface area (Å²) in [4.78, 5) is 3.85. The lowest BCUT2D eigenvalue weighted by Gasteiger charge is -2.09. The van der Waals surface area contributed by atoms with Crippen LogP contribution < -0.4 is 5.73 Å². The van der Waals surface area contributed by atoms with E-state index >= 15 is 0 Å². The number of hydrogen-bond acceptors (Lipinski definition) is 3. The molecule has 0 aliphatic carbocycles. The van der Waals surface area contributed by atoms with Gasteiger partial charge in [-0.3, -0.25) is 4.98 Å². The van der Waals surface area contributed by atoms with Crippen molar-refractivity contribution in [3.05, 3.63) is 28.0 Å². The summed E-state index contributed by atoms with van der Waals surface area (Å²) in [6, 6.07) is 3.13. The van der Waals surface area contributed by atoms with Crippen LogP contribution in [0.15, 0.2) is 6.07 Å². The molecule has 0 spiro atoms. The van der Waals surface area contributed by atoms with Gasteiger partial charge in [0, 0.05) is 6.54 Å². The second kappa shape index (κ2) is 5.01. The highest BCUT2D eigenvalue weighted by Crippen LogP contribution is 2.29. The Hall–Kier alpha value is -1.25. The van der Waals surface area contributed by atoms with Gasteiger partial charge in [-0.05, 0) is 6.07 Å². The number of rotatable bonds is 3. The van der Waals surface area contributed by atoms with Crippen LogP contribution in [0.1, 0.15) is 23.4 Å². The third-order valence-electron chi connectivity index (χ3n) is 1.81. The Kier molecular flexibility index (Phi) is 3.95. The van der Waals surface area contributed by atoms with Crippen LogP contribution in [-0.2, 0) is 13.0 Å². The van der Waals surface area contributed by atoms with Crippen LogP contribution in [0.25, 0.3) is 0 Å². The Morgan fingerprint density at radius 2 is 2.27 bits per heavy atom. The van der Waals surface area contributed by atoms with Crippen molar-refractivity contribution < 1.29 is 8.78 Å². The number of hydrogen-bond donors (Lipinski definition) is 1. The van der Waals surface area contributed by atoms with Gasteiger partial charge in [-0.2, -0.15) is 5.26 Å². The molecule has 0 radical (unpaired) electrons. The Bertz CT molecular complexity index is 401. The first-order valence-electron chi connectivity index (χ1n) is 4.13. The molecular formula is C9H8ClF2N3. The minimum Gasteiger partial charge on any atom is -0.325 e. The summed E-state index contributed by atoms with van der Waals surface area (Å²) in [6.07, 6.45) is -2.68. The summed E-state index contributed by atoms with van der Waals surface area (Å²) < 4.78 is 25.1. The van der Waals surface area contributed by atoms with E-state index in [2.05, 4.69) is 4.98 Å². The van der Waals surface area contributed by atoms with E-state index < -0.39 is 6.43 Å². The summed E-state index contributed by atoms with van der Waals surface area (Å²) in [5.41, 5.74) is 5.34. The fourth-order valence-electron chi connectivity index (χ4n) is 1.19. The van der Waals surface area contributed by atoms with Crippen molar-refractivity contribution in [2.45, 2.75) is 19.4 Å². The third kappa shape index (κ3) is 2.61. The summed E-state index contributed by atoms with van der Waals surface area (Å²) in [7, 11) is 0. The predicted molar refractivity (Wildman–Crippen MR) is 51.4 cm³/mol. The highest BCUT2D eigenvalue weighted by Gasteiger charge is 2.18. The van der Waals surface area contributed by atoms with Crippen LogP contribution in [-0.4, -0.2) is 4.98 Å². The van der Waals surface area contributed by atoms with E-state index in [-0.39, 0.29) is 29.2 Å². The molecule has 1 aromatic heterocycles. The first-order chi connectivity index (χ1) is 7.10. The van der Waals surface area contributed by atoms with Gasteiger partial charge < -0.3 is 5.73 Å². The zero-order valence-corrected chi connectivity index (χ0v) is 8.43. The van der Waals surface area contributed by atoms with E-state index in [1.165, 1.54) is 6.07 Å². The molecule has 0 saturated carbocycles. The fraction of sp³-hybridized carbons (Fsp3) is 0.333. The molecule has 0 saturated heterocycles. The summed E-state index contributed by atoms with van der Waals surface area (Å²) >= 11 is 5.66. The minimum atomic E-state index is -2.71. The molecule has 0 aliphatic rings. The van der Waals surface area contributed by atoms with Crippen molar-refractivity contribution in [2.75, 3.05) is 0 Å². The van der Waals surface area contributed by atoms with E-state index in [0.29, 0.717) is 5.69 Å². The van der Waals surface area contributed by atoms with Crippen LogP contribution in [0.5, 0.6) is 0 Å². The van der Waals surface area contributed by atoms with Gasteiger partial charge in [-0.1, -0.05) is 11.6 Å². The molecule has 1 aromatic rings. The first-order valence-corrected chi connectivity index (χ1v) is 4.51. The van der Waals surface area contributed by atoms with Crippen LogP contribution >= 0.6 is 11.6 Å². The van der Waals surface area contributed by atoms with E-state index in [0.717, 1.165) is 0 Å². The maximum absolute atomic E-state index is 12.5. The van der Waals surface area contributed by atoms with Gasteiger partial charge in [-0.15, -0.1) is 0 Å². The summed E-state index contributed by atoms with van der Waals surface area (Å²) in [6.45, 7) is -0.126. The number of alkyl halides is 2. The molecule has 0 aromatic carbocycles. The summed E-state index contributed by atoms with van der Waals surface area (Å²) in [5, 5.41) is 8.35. The average Bonchev–Trinajstić information content (AvgIpc) is 2.16. The smallest absolute Gasteiger partial charge is 0.267 e. The largest absolute Gasteiger partial charge is 0.325 e. The Morgan fingerprint density at radius 3 is 2.73 bits per heavy atom. The van der Waals surface area contributed by atoms with Crippen molar-refractivity contribution in [1.29, 1.82) is 5.26 Å². The average molecular weight is 232 g/mol. The molecule has 2 N–H and O–H groups in total. The van der Waals surface area contributed by atoms with E-state index in [1.807, 2.05) is 6.07 Å². The molecule has 80 valence electrons. The monoisotopic (exact) mass is 231 g/mol. The third-order valence-corrected chi connectivity index (χ3v) is 2.12. The number of nitrogens with zero attached hydrogens (tertiary/aromatic N) is 2. The molecule has 1 rings (SSSR count). The van der Waals surface area contributed by atoms with Crippen LogP contribution in [0.2, 0.25) is 5.02 Å². The van der Waals surface area contributed by atoms with E-state index in [4.69, 9.17) is 22.6 Å². The molecule has 0 amide bonds. The normalized spacial score (nSPS) is 10.4. The van der Waals surface area contributed by atoms with Crippen molar-refractivity contribution in [1.82, 2.24) is 4.98 Å². The molecule has 0 fully saturated rings. The molecule has 3 nitrogen and oxygen atoms in total. The van der Waals surface area contributed by atoms with Crippen molar-refractivity contribution in [2.24, 2.45) is 5.73 Å². The van der Waals surface area contributed by atoms with E-state index in [1.54, 1.807) is 0 Å². The van der Waals surface area contributed by atoms with Crippen LogP contribution in [0, 0.1) is 11.3 Å². The fourth-order valence-corrected chi connectivity index (χ4v) is 1.50. The molecule has 0 aliphatic heterocycles. The molecule has 0 bridgehead atoms. The molecule has 6 heteroatoms. The quantitative estimate of drug-likeness (QED) is 0.867. The molecule has 0 unspecified atom stereocenters. The minimum absolute atomic E-state index is 0.0240. The molecule has 0 atom stereocenters. The topological polar surface area (TPSA) is 62.7 Å². The van der Waals surface area contributed by atoms with Gasteiger partial charge >= 0.3 is 0 Å². The zero-order valence-electron chi connectivity index (χ0n) is 7.67. The van der Waals surface area contributed by atoms with Gasteiger partial charge in [0.25, 0.3) is 6.43 Å². The lowest BCUT2D eigenvalue weighted by atomic mass is 10.1. The second-order valence-corrected chi connectivity index (χ2v) is 3.20. The Balaban J connectivity index is 3.25. The maximum atomic E-state index is 12.5. The molecule has 1 heterocycles. The number of pyridine rings is 1. The molecular weight excluding hydrogens is 224 g/mol. The maximum Gasteiger partial charge on any atom is 0.267 e. The highest BCUT2D eigenvalue weighted by molar-refractivity contribution is 6.31. The Labute approximate surface area is 90.5 Å². The van der Waals surface area contributed by atoms with Crippen molar-refractivity contribution in [3.8, 4) is 6.07 Å². The first kappa shape index (κ1) is 11.8. The second-order valence-electron chi connectivity index (χ2n) is 2.80. The van der Waals surface area contributed by atoms with Crippen LogP contribution in [0.4, 0.5) is 8.78 Å². The SMILES string of the molecule is N#CCc1cc(Cl)c(C(F)F)c(CN)n1. The van der Waals surface area contributed by atoms with Crippen LogP contribution in [0.3, 0.4) is 0 Å². The standard InChI is InChI=1S/C9H8ClF2N3/c10-6-3-5(1-2-13)15-7(4-14)8(6)9(11)12/h3,9H,1,4,14H2. The number of aromatic nitrogens is 1. The number of nitriles is 1. The van der Waals surface area contributed by atoms with Gasteiger partial charge in [0.1, 0.15) is 0 Å². The lowest BCUT2D eigenvalue weighted by Crippen LogP contribution is -2.08. The summed E-state index contributed by atoms with van der Waals surface area (Å²) in [5.74, 6) is 0. The zero-order chi connectivity index (χ0) is 11.4. The van der Waals surface area contributed by atoms with Gasteiger partial charge in [0.15, 0.2) is 0 Å². The van der Waals surface area contributed by atoms with E-state index in [9.17, 15) is 8.78 Å². The van der Waals surface area contributed by atoms with Crippen molar-refractivity contribution >= 4 is 11.6 Å². The van der Waals surface area contributed by atoms with Crippen molar-refractivity contribution in [3.63, 3.8) is 0 Å². The predicted octanol–water partition coefficient (Wildman–Crippen LogP) is 2.20. The number of nitrogens with two attached hydrogens (primary N) is 1. The number of halogens is 3. The highest BCUT2D eigenvalue weighted by atomic mass is 35.5. The van der Waals surface area contributed by atoms with Gasteiger partial charge in [0.05, 0.1) is 34.5 Å². The van der Waals surface area contributed by atoms with Gasteiger partial charge in [-0.25, -0.2) is 8.78 Å². The lowest BCUT2D eigenvalue weighted by molar-refractivity contribution is 0.149. The Morgan fingerprint density at radius 1 is 1.60 bits per heavy atom. The molecule has 15 heavy (non-hydrogen) atoms. The van der Waals surface area contributed by atoms with Gasteiger partial charge in [0.2, 0.25) is 0 Å².